The highest BCUT2D eigenvalue weighted by Crippen LogP contribution is 2.32. The number of hydrogen-bond acceptors (Lipinski definition) is 5. The Hall–Kier alpha value is -2.25. The molecule has 3 heterocycles. The monoisotopic (exact) mass is 385 g/mol. The van der Waals surface area contributed by atoms with Crippen LogP contribution in [0.1, 0.15) is 31.4 Å². The van der Waals surface area contributed by atoms with Crippen LogP contribution in [0.5, 0.6) is 0 Å². The summed E-state index contributed by atoms with van der Waals surface area (Å²) in [5.41, 5.74) is 0.779. The molecule has 1 aromatic carbocycles. The highest BCUT2D eigenvalue weighted by atomic mass is 32.1. The van der Waals surface area contributed by atoms with Crippen molar-refractivity contribution in [2.45, 2.75) is 45.3 Å². The van der Waals surface area contributed by atoms with Gasteiger partial charge in [0, 0.05) is 36.2 Å². The Morgan fingerprint density at radius 3 is 3.07 bits per heavy atom. The molecule has 7 heteroatoms. The van der Waals surface area contributed by atoms with Crippen LogP contribution in [-0.4, -0.2) is 34.9 Å². The normalized spacial score (nSPS) is 17.0. The van der Waals surface area contributed by atoms with Gasteiger partial charge in [-0.15, -0.1) is 11.3 Å². The van der Waals surface area contributed by atoms with Crippen molar-refractivity contribution in [1.29, 1.82) is 0 Å². The lowest BCUT2D eigenvalue weighted by molar-refractivity contribution is -0.121. The molecule has 1 N–H and O–H groups in total. The fraction of sp³-hybridized carbons (Fsp3) is 0.450. The maximum atomic E-state index is 12.9. The van der Waals surface area contributed by atoms with Gasteiger partial charge in [-0.25, -0.2) is 4.68 Å². The molecule has 0 saturated carbocycles. The lowest BCUT2D eigenvalue weighted by Crippen LogP contribution is -2.32. The smallest absolute Gasteiger partial charge is 0.276 e. The van der Waals surface area contributed by atoms with E-state index in [9.17, 15) is 9.59 Å². The fourth-order valence-corrected chi connectivity index (χ4v) is 4.71. The van der Waals surface area contributed by atoms with E-state index >= 15 is 0 Å². The number of carbonyl (C=O) groups is 1. The zero-order valence-corrected chi connectivity index (χ0v) is 16.2. The SMILES string of the molecule is Cc1nn(CCCC(=O)NCC2CCCO2)c(=O)c2c1sc1ccccc12. The first-order valence-corrected chi connectivity index (χ1v) is 10.2. The molecule has 1 aliphatic rings. The Bertz CT molecular complexity index is 1030. The number of aromatic nitrogens is 2. The third-order valence-corrected chi connectivity index (χ3v) is 6.25. The number of nitrogens with one attached hydrogen (secondary N) is 1. The van der Waals surface area contributed by atoms with Crippen LogP contribution in [-0.2, 0) is 16.1 Å². The van der Waals surface area contributed by atoms with Crippen molar-refractivity contribution in [1.82, 2.24) is 15.1 Å². The molecule has 0 aliphatic carbocycles. The molecule has 1 unspecified atom stereocenters. The average molecular weight is 385 g/mol. The van der Waals surface area contributed by atoms with Crippen molar-refractivity contribution in [3.8, 4) is 0 Å². The Morgan fingerprint density at radius 1 is 1.41 bits per heavy atom. The van der Waals surface area contributed by atoms with Crippen LogP contribution in [0.15, 0.2) is 29.1 Å². The summed E-state index contributed by atoms with van der Waals surface area (Å²) < 4.78 is 9.06. The van der Waals surface area contributed by atoms with Gasteiger partial charge in [0.15, 0.2) is 0 Å². The van der Waals surface area contributed by atoms with E-state index in [0.29, 0.717) is 25.9 Å². The molecule has 2 aromatic heterocycles. The first-order valence-electron chi connectivity index (χ1n) is 9.41. The van der Waals surface area contributed by atoms with Crippen molar-refractivity contribution in [3.63, 3.8) is 0 Å². The standard InChI is InChI=1S/C20H23N3O3S/c1-13-19-18(15-7-2-3-8-16(15)27-19)20(25)23(22-13)10-4-9-17(24)21-12-14-6-5-11-26-14/h2-3,7-8,14H,4-6,9-12H2,1H3,(H,21,24). The minimum Gasteiger partial charge on any atom is -0.376 e. The molecule has 1 atom stereocenters. The molecular formula is C20H23N3O3S. The minimum atomic E-state index is -0.0761. The summed E-state index contributed by atoms with van der Waals surface area (Å²) >= 11 is 1.61. The maximum Gasteiger partial charge on any atom is 0.276 e. The van der Waals surface area contributed by atoms with Crippen molar-refractivity contribution in [3.05, 3.63) is 40.3 Å². The van der Waals surface area contributed by atoms with E-state index in [1.807, 2.05) is 31.2 Å². The summed E-state index contributed by atoms with van der Waals surface area (Å²) in [6.07, 6.45) is 3.18. The van der Waals surface area contributed by atoms with Crippen LogP contribution in [0.4, 0.5) is 0 Å². The molecule has 0 spiro atoms. The summed E-state index contributed by atoms with van der Waals surface area (Å²) in [5.74, 6) is -0.00247. The first-order chi connectivity index (χ1) is 13.1. The van der Waals surface area contributed by atoms with Crippen LogP contribution in [0.2, 0.25) is 0 Å². The summed E-state index contributed by atoms with van der Waals surface area (Å²) in [6, 6.07) is 7.94. The van der Waals surface area contributed by atoms with Crippen molar-refractivity contribution >= 4 is 37.4 Å². The largest absolute Gasteiger partial charge is 0.376 e. The molecular weight excluding hydrogens is 362 g/mol. The summed E-state index contributed by atoms with van der Waals surface area (Å²) in [7, 11) is 0. The van der Waals surface area contributed by atoms with E-state index in [1.54, 1.807) is 11.3 Å². The van der Waals surface area contributed by atoms with Gasteiger partial charge in [-0.2, -0.15) is 5.10 Å². The average Bonchev–Trinajstić information content (AvgIpc) is 3.31. The molecule has 1 fully saturated rings. The molecule has 0 bridgehead atoms. The topological polar surface area (TPSA) is 73.2 Å². The maximum absolute atomic E-state index is 12.9. The minimum absolute atomic E-state index is 0.00247. The van der Waals surface area contributed by atoms with E-state index < -0.39 is 0 Å². The number of benzene rings is 1. The molecule has 142 valence electrons. The van der Waals surface area contributed by atoms with Gasteiger partial charge in [0.25, 0.3) is 5.56 Å². The third kappa shape index (κ3) is 3.75. The molecule has 6 nitrogen and oxygen atoms in total. The quantitative estimate of drug-likeness (QED) is 0.708. The number of hydrogen-bond donors (Lipinski definition) is 1. The second kappa shape index (κ2) is 7.78. The summed E-state index contributed by atoms with van der Waals surface area (Å²) in [5, 5.41) is 9.11. The fourth-order valence-electron chi connectivity index (χ4n) is 3.58. The Morgan fingerprint density at radius 2 is 2.26 bits per heavy atom. The van der Waals surface area contributed by atoms with Gasteiger partial charge in [0.05, 0.1) is 21.9 Å². The van der Waals surface area contributed by atoms with Gasteiger partial charge in [0.2, 0.25) is 5.91 Å². The van der Waals surface area contributed by atoms with Crippen LogP contribution in [0.3, 0.4) is 0 Å². The van der Waals surface area contributed by atoms with E-state index in [0.717, 1.165) is 45.3 Å². The predicted molar refractivity (Wildman–Crippen MR) is 107 cm³/mol. The van der Waals surface area contributed by atoms with Crippen molar-refractivity contribution < 1.29 is 9.53 Å². The Labute approximate surface area is 161 Å². The molecule has 1 saturated heterocycles. The van der Waals surface area contributed by atoms with Crippen LogP contribution in [0.25, 0.3) is 20.2 Å². The van der Waals surface area contributed by atoms with Gasteiger partial charge in [-0.05, 0) is 32.3 Å². The summed E-state index contributed by atoms with van der Waals surface area (Å²) in [6.45, 7) is 3.73. The second-order valence-electron chi connectivity index (χ2n) is 6.96. The van der Waals surface area contributed by atoms with E-state index in [4.69, 9.17) is 4.74 Å². The number of ether oxygens (including phenoxy) is 1. The lowest BCUT2D eigenvalue weighted by Gasteiger charge is -2.11. The number of amides is 1. The van der Waals surface area contributed by atoms with Crippen LogP contribution < -0.4 is 10.9 Å². The third-order valence-electron chi connectivity index (χ3n) is 4.97. The predicted octanol–water partition coefficient (Wildman–Crippen LogP) is 3.00. The molecule has 0 radical (unpaired) electrons. The number of aryl methyl sites for hydroxylation is 2. The second-order valence-corrected chi connectivity index (χ2v) is 8.01. The van der Waals surface area contributed by atoms with E-state index in [2.05, 4.69) is 10.4 Å². The zero-order valence-electron chi connectivity index (χ0n) is 15.4. The number of carbonyl (C=O) groups excluding carboxylic acids is 1. The van der Waals surface area contributed by atoms with E-state index in [-0.39, 0.29) is 17.6 Å². The van der Waals surface area contributed by atoms with Gasteiger partial charge >= 0.3 is 0 Å². The number of thiophene rings is 1. The highest BCUT2D eigenvalue weighted by Gasteiger charge is 2.17. The molecule has 3 aromatic rings. The highest BCUT2D eigenvalue weighted by molar-refractivity contribution is 7.26. The number of fused-ring (bicyclic) bond motifs is 3. The molecule has 4 rings (SSSR count). The van der Waals surface area contributed by atoms with Crippen molar-refractivity contribution in [2.24, 2.45) is 0 Å². The zero-order chi connectivity index (χ0) is 18.8. The van der Waals surface area contributed by atoms with Crippen molar-refractivity contribution in [2.75, 3.05) is 13.2 Å². The van der Waals surface area contributed by atoms with Crippen LogP contribution >= 0.6 is 11.3 Å². The molecule has 1 aliphatic heterocycles. The van der Waals surface area contributed by atoms with Crippen LogP contribution in [0, 0.1) is 6.92 Å². The number of rotatable bonds is 6. The Balaban J connectivity index is 1.44. The first kappa shape index (κ1) is 18.1. The van der Waals surface area contributed by atoms with Gasteiger partial charge < -0.3 is 10.1 Å². The summed E-state index contributed by atoms with van der Waals surface area (Å²) in [4.78, 5) is 24.9. The lowest BCUT2D eigenvalue weighted by atomic mass is 10.2. The van der Waals surface area contributed by atoms with Gasteiger partial charge in [-0.3, -0.25) is 9.59 Å². The van der Waals surface area contributed by atoms with E-state index in [1.165, 1.54) is 4.68 Å². The molecule has 1 amide bonds. The number of nitrogens with zero attached hydrogens (tertiary/aromatic N) is 2. The Kier molecular flexibility index (Phi) is 5.22. The molecule has 27 heavy (non-hydrogen) atoms. The van der Waals surface area contributed by atoms with Gasteiger partial charge in [0.1, 0.15) is 0 Å². The van der Waals surface area contributed by atoms with Gasteiger partial charge in [-0.1, -0.05) is 18.2 Å².